The van der Waals surface area contributed by atoms with E-state index in [2.05, 4.69) is 10.5 Å². The summed E-state index contributed by atoms with van der Waals surface area (Å²) in [6, 6.07) is 14.2. The Balaban J connectivity index is 1.99. The SMILES string of the molecule is COc1ccc(-c2cc(C(=O)NN)n(Cc3ccc(Cl)cc3Cl)n2)cc1. The van der Waals surface area contributed by atoms with Gasteiger partial charge in [-0.2, -0.15) is 5.10 Å². The van der Waals surface area contributed by atoms with Gasteiger partial charge in [-0.15, -0.1) is 0 Å². The molecule has 0 atom stereocenters. The summed E-state index contributed by atoms with van der Waals surface area (Å²) in [5.41, 5.74) is 4.73. The van der Waals surface area contributed by atoms with E-state index >= 15 is 0 Å². The van der Waals surface area contributed by atoms with Gasteiger partial charge in [0.1, 0.15) is 11.4 Å². The second-order valence-electron chi connectivity index (χ2n) is 5.51. The van der Waals surface area contributed by atoms with Crippen molar-refractivity contribution in [3.8, 4) is 17.0 Å². The topological polar surface area (TPSA) is 82.2 Å². The number of ether oxygens (including phenoxy) is 1. The third kappa shape index (κ3) is 3.83. The van der Waals surface area contributed by atoms with Crippen LogP contribution in [0.2, 0.25) is 10.0 Å². The summed E-state index contributed by atoms with van der Waals surface area (Å²) in [4.78, 5) is 12.1. The van der Waals surface area contributed by atoms with Gasteiger partial charge in [0.25, 0.3) is 5.91 Å². The van der Waals surface area contributed by atoms with Crippen LogP contribution in [0.5, 0.6) is 5.75 Å². The zero-order chi connectivity index (χ0) is 18.7. The van der Waals surface area contributed by atoms with Crippen LogP contribution in [0, 0.1) is 0 Å². The molecule has 8 heteroatoms. The van der Waals surface area contributed by atoms with Gasteiger partial charge < -0.3 is 4.74 Å². The first-order chi connectivity index (χ1) is 12.5. The van der Waals surface area contributed by atoms with Crippen LogP contribution in [-0.4, -0.2) is 22.8 Å². The highest BCUT2D eigenvalue weighted by atomic mass is 35.5. The monoisotopic (exact) mass is 390 g/mol. The van der Waals surface area contributed by atoms with Gasteiger partial charge in [0.15, 0.2) is 0 Å². The van der Waals surface area contributed by atoms with Gasteiger partial charge in [0.05, 0.1) is 19.3 Å². The van der Waals surface area contributed by atoms with E-state index in [9.17, 15) is 4.79 Å². The van der Waals surface area contributed by atoms with E-state index in [1.165, 1.54) is 0 Å². The highest BCUT2D eigenvalue weighted by molar-refractivity contribution is 6.35. The standard InChI is InChI=1S/C18H16Cl2N4O2/c1-26-14-6-3-11(4-7-14)16-9-17(18(25)22-21)24(23-16)10-12-2-5-13(19)8-15(12)20/h2-9H,10,21H2,1H3,(H,22,25). The van der Waals surface area contributed by atoms with Crippen molar-refractivity contribution < 1.29 is 9.53 Å². The second kappa shape index (κ2) is 7.78. The Morgan fingerprint density at radius 2 is 1.92 bits per heavy atom. The van der Waals surface area contributed by atoms with Crippen LogP contribution in [0.3, 0.4) is 0 Å². The molecule has 3 N–H and O–H groups in total. The van der Waals surface area contributed by atoms with Gasteiger partial charge in [-0.3, -0.25) is 14.9 Å². The molecule has 0 aliphatic rings. The molecule has 0 saturated carbocycles. The highest BCUT2D eigenvalue weighted by Gasteiger charge is 2.17. The van der Waals surface area contributed by atoms with Crippen LogP contribution in [0.1, 0.15) is 16.1 Å². The van der Waals surface area contributed by atoms with Crippen molar-refractivity contribution in [3.05, 3.63) is 69.8 Å². The number of hydrogen-bond donors (Lipinski definition) is 2. The van der Waals surface area contributed by atoms with Crippen molar-refractivity contribution >= 4 is 29.1 Å². The molecule has 6 nitrogen and oxygen atoms in total. The molecule has 26 heavy (non-hydrogen) atoms. The number of hydrazine groups is 1. The summed E-state index contributed by atoms with van der Waals surface area (Å²) in [6.45, 7) is 0.301. The van der Waals surface area contributed by atoms with Crippen molar-refractivity contribution in [2.45, 2.75) is 6.54 Å². The number of amides is 1. The number of benzene rings is 2. The van der Waals surface area contributed by atoms with Crippen LogP contribution in [-0.2, 0) is 6.54 Å². The fourth-order valence-electron chi connectivity index (χ4n) is 2.51. The Morgan fingerprint density at radius 3 is 2.54 bits per heavy atom. The molecule has 0 radical (unpaired) electrons. The van der Waals surface area contributed by atoms with Crippen LogP contribution in [0.15, 0.2) is 48.5 Å². The normalized spacial score (nSPS) is 10.6. The number of halogens is 2. The summed E-state index contributed by atoms with van der Waals surface area (Å²) in [6.07, 6.45) is 0. The predicted octanol–water partition coefficient (Wildman–Crippen LogP) is 3.52. The number of carbonyl (C=O) groups is 1. The molecule has 2 aromatic carbocycles. The Kier molecular flexibility index (Phi) is 5.46. The predicted molar refractivity (Wildman–Crippen MR) is 101 cm³/mol. The van der Waals surface area contributed by atoms with Gasteiger partial charge in [-0.1, -0.05) is 29.3 Å². The molecule has 0 unspecified atom stereocenters. The number of nitrogens with one attached hydrogen (secondary N) is 1. The quantitative estimate of drug-likeness (QED) is 0.396. The van der Waals surface area contributed by atoms with Gasteiger partial charge in [0.2, 0.25) is 0 Å². The Hall–Kier alpha value is -2.54. The van der Waals surface area contributed by atoms with Crippen molar-refractivity contribution in [1.82, 2.24) is 15.2 Å². The lowest BCUT2D eigenvalue weighted by Crippen LogP contribution is -2.32. The van der Waals surface area contributed by atoms with E-state index in [0.29, 0.717) is 28.0 Å². The van der Waals surface area contributed by atoms with Crippen molar-refractivity contribution in [2.75, 3.05) is 7.11 Å². The molecule has 3 rings (SSSR count). The summed E-state index contributed by atoms with van der Waals surface area (Å²) in [7, 11) is 1.60. The molecular formula is C18H16Cl2N4O2. The minimum atomic E-state index is -0.442. The van der Waals surface area contributed by atoms with Gasteiger partial charge in [-0.05, 0) is 48.0 Å². The van der Waals surface area contributed by atoms with E-state index < -0.39 is 5.91 Å². The summed E-state index contributed by atoms with van der Waals surface area (Å²) in [5, 5.41) is 5.57. The maximum Gasteiger partial charge on any atom is 0.283 e. The van der Waals surface area contributed by atoms with Crippen LogP contribution in [0.25, 0.3) is 11.3 Å². The average Bonchev–Trinajstić information content (AvgIpc) is 3.07. The molecule has 1 amide bonds. The second-order valence-corrected chi connectivity index (χ2v) is 6.35. The molecule has 0 spiro atoms. The van der Waals surface area contributed by atoms with Gasteiger partial charge in [-0.25, -0.2) is 5.84 Å². The van der Waals surface area contributed by atoms with Crippen molar-refractivity contribution in [1.29, 1.82) is 0 Å². The summed E-state index contributed by atoms with van der Waals surface area (Å²) < 4.78 is 6.71. The number of nitrogen functional groups attached to an aromatic ring is 1. The third-order valence-corrected chi connectivity index (χ3v) is 4.45. The molecule has 1 aromatic heterocycles. The zero-order valence-electron chi connectivity index (χ0n) is 13.9. The average molecular weight is 391 g/mol. The Bertz CT molecular complexity index is 939. The number of methoxy groups -OCH3 is 1. The lowest BCUT2D eigenvalue weighted by molar-refractivity contribution is 0.0943. The molecule has 1 heterocycles. The molecule has 0 aliphatic carbocycles. The van der Waals surface area contributed by atoms with E-state index in [1.54, 1.807) is 36.1 Å². The molecule has 3 aromatic rings. The molecule has 0 aliphatic heterocycles. The number of aromatic nitrogens is 2. The summed E-state index contributed by atoms with van der Waals surface area (Å²) in [5.74, 6) is 5.60. The summed E-state index contributed by atoms with van der Waals surface area (Å²) >= 11 is 12.2. The highest BCUT2D eigenvalue weighted by Crippen LogP contribution is 2.25. The Labute approximate surface area is 160 Å². The van der Waals surface area contributed by atoms with Crippen molar-refractivity contribution in [3.63, 3.8) is 0 Å². The smallest absolute Gasteiger partial charge is 0.283 e. The lowest BCUT2D eigenvalue weighted by Gasteiger charge is -2.08. The van der Waals surface area contributed by atoms with Gasteiger partial charge in [0, 0.05) is 15.6 Å². The lowest BCUT2D eigenvalue weighted by atomic mass is 10.1. The number of carbonyl (C=O) groups excluding carboxylic acids is 1. The maximum absolute atomic E-state index is 12.1. The van der Waals surface area contributed by atoms with Crippen LogP contribution in [0.4, 0.5) is 0 Å². The molecule has 0 bridgehead atoms. The number of nitrogens with zero attached hydrogens (tertiary/aromatic N) is 2. The first-order valence-corrected chi connectivity index (χ1v) is 8.44. The van der Waals surface area contributed by atoms with Gasteiger partial charge >= 0.3 is 0 Å². The molecule has 134 valence electrons. The minimum Gasteiger partial charge on any atom is -0.497 e. The number of rotatable bonds is 5. The number of nitrogens with two attached hydrogens (primary N) is 1. The molecule has 0 saturated heterocycles. The first-order valence-electron chi connectivity index (χ1n) is 7.69. The first kappa shape index (κ1) is 18.3. The van der Waals surface area contributed by atoms with E-state index in [-0.39, 0.29) is 0 Å². The largest absolute Gasteiger partial charge is 0.497 e. The van der Waals surface area contributed by atoms with E-state index in [1.807, 2.05) is 24.3 Å². The van der Waals surface area contributed by atoms with Crippen molar-refractivity contribution in [2.24, 2.45) is 5.84 Å². The maximum atomic E-state index is 12.1. The van der Waals surface area contributed by atoms with E-state index in [0.717, 1.165) is 16.9 Å². The Morgan fingerprint density at radius 1 is 1.19 bits per heavy atom. The molecular weight excluding hydrogens is 375 g/mol. The fraction of sp³-hybridized carbons (Fsp3) is 0.111. The zero-order valence-corrected chi connectivity index (χ0v) is 15.4. The molecule has 0 fully saturated rings. The van der Waals surface area contributed by atoms with E-state index in [4.69, 9.17) is 33.8 Å². The minimum absolute atomic E-state index is 0.301. The fourth-order valence-corrected chi connectivity index (χ4v) is 2.98. The van der Waals surface area contributed by atoms with Crippen LogP contribution >= 0.6 is 23.2 Å². The number of hydrogen-bond acceptors (Lipinski definition) is 4. The van der Waals surface area contributed by atoms with Crippen LogP contribution < -0.4 is 16.0 Å². The third-order valence-electron chi connectivity index (χ3n) is 3.86.